The van der Waals surface area contributed by atoms with E-state index in [2.05, 4.69) is 0 Å². The zero-order valence-electron chi connectivity index (χ0n) is 13.1. The van der Waals surface area contributed by atoms with Gasteiger partial charge in [0.05, 0.1) is 18.1 Å². The lowest BCUT2D eigenvalue weighted by atomic mass is 9.92. The normalized spacial score (nSPS) is 19.0. The molecule has 1 heterocycles. The zero-order chi connectivity index (χ0) is 16.1. The maximum absolute atomic E-state index is 12.2. The van der Waals surface area contributed by atoms with Gasteiger partial charge in [-0.1, -0.05) is 23.2 Å². The summed E-state index contributed by atoms with van der Waals surface area (Å²) in [5.74, 6) is 1.05. The van der Waals surface area contributed by atoms with E-state index < -0.39 is 0 Å². The highest BCUT2D eigenvalue weighted by molar-refractivity contribution is 6.35. The standard InChI is InChI=1S/C16H22Cl2N2O2.ClH/c1-11(19)12-3-2-7-20(10-12)16(21)6-8-22-15-5-4-13(17)9-14(15)18;/h4-5,9,11-12H,2-3,6-8,10,19H2,1H3;1H. The smallest absolute Gasteiger partial charge is 0.226 e. The van der Waals surface area contributed by atoms with Gasteiger partial charge >= 0.3 is 0 Å². The first kappa shape index (κ1) is 20.4. The Balaban J connectivity index is 0.00000264. The van der Waals surface area contributed by atoms with Crippen LogP contribution in [0.3, 0.4) is 0 Å². The predicted molar refractivity (Wildman–Crippen MR) is 96.8 cm³/mol. The topological polar surface area (TPSA) is 55.6 Å². The Morgan fingerprint density at radius 2 is 2.22 bits per heavy atom. The third kappa shape index (κ3) is 6.03. The average Bonchev–Trinajstić information content (AvgIpc) is 2.49. The molecule has 0 bridgehead atoms. The fourth-order valence-electron chi connectivity index (χ4n) is 2.66. The van der Waals surface area contributed by atoms with Crippen molar-refractivity contribution in [1.82, 2.24) is 4.90 Å². The Labute approximate surface area is 153 Å². The molecular formula is C16H23Cl3N2O2. The summed E-state index contributed by atoms with van der Waals surface area (Å²) in [6, 6.07) is 5.17. The number of nitrogens with zero attached hydrogens (tertiary/aromatic N) is 1. The van der Waals surface area contributed by atoms with Crippen molar-refractivity contribution in [2.75, 3.05) is 19.7 Å². The minimum atomic E-state index is 0. The van der Waals surface area contributed by atoms with Crippen molar-refractivity contribution in [2.24, 2.45) is 11.7 Å². The first-order chi connectivity index (χ1) is 10.5. The molecule has 0 spiro atoms. The van der Waals surface area contributed by atoms with Crippen LogP contribution in [0.2, 0.25) is 10.0 Å². The van der Waals surface area contributed by atoms with Crippen LogP contribution in [0.1, 0.15) is 26.2 Å². The van der Waals surface area contributed by atoms with Gasteiger partial charge in [0.15, 0.2) is 0 Å². The van der Waals surface area contributed by atoms with Gasteiger partial charge in [0, 0.05) is 24.2 Å². The van der Waals surface area contributed by atoms with Crippen molar-refractivity contribution >= 4 is 41.5 Å². The third-order valence-corrected chi connectivity index (χ3v) is 4.55. The molecule has 1 fully saturated rings. The van der Waals surface area contributed by atoms with E-state index in [4.69, 9.17) is 33.7 Å². The van der Waals surface area contributed by atoms with Crippen molar-refractivity contribution in [2.45, 2.75) is 32.2 Å². The number of amides is 1. The molecule has 2 atom stereocenters. The van der Waals surface area contributed by atoms with E-state index in [1.807, 2.05) is 11.8 Å². The molecule has 1 amide bonds. The lowest BCUT2D eigenvalue weighted by Crippen LogP contribution is -2.45. The molecule has 1 aromatic rings. The number of halogens is 3. The van der Waals surface area contributed by atoms with E-state index in [9.17, 15) is 4.79 Å². The monoisotopic (exact) mass is 380 g/mol. The number of carbonyl (C=O) groups excluding carboxylic acids is 1. The van der Waals surface area contributed by atoms with Crippen molar-refractivity contribution < 1.29 is 9.53 Å². The summed E-state index contributed by atoms with van der Waals surface area (Å²) >= 11 is 11.9. The maximum atomic E-state index is 12.2. The Bertz CT molecular complexity index is 526. The number of carbonyl (C=O) groups is 1. The molecule has 1 aromatic carbocycles. The van der Waals surface area contributed by atoms with Gasteiger partial charge in [-0.3, -0.25) is 4.79 Å². The predicted octanol–water partition coefficient (Wildman–Crippen LogP) is 3.77. The van der Waals surface area contributed by atoms with Gasteiger partial charge in [0.1, 0.15) is 5.75 Å². The average molecular weight is 382 g/mol. The second kappa shape index (κ2) is 9.58. The van der Waals surface area contributed by atoms with E-state index in [0.29, 0.717) is 34.7 Å². The first-order valence-electron chi connectivity index (χ1n) is 7.58. The minimum absolute atomic E-state index is 0. The van der Waals surface area contributed by atoms with Gasteiger partial charge in [0.25, 0.3) is 0 Å². The van der Waals surface area contributed by atoms with E-state index in [0.717, 1.165) is 25.9 Å². The Morgan fingerprint density at radius 3 is 2.87 bits per heavy atom. The molecule has 0 saturated carbocycles. The summed E-state index contributed by atoms with van der Waals surface area (Å²) in [7, 11) is 0. The summed E-state index contributed by atoms with van der Waals surface area (Å²) < 4.78 is 5.56. The molecule has 0 aliphatic carbocycles. The molecule has 4 nitrogen and oxygen atoms in total. The lowest BCUT2D eigenvalue weighted by Gasteiger charge is -2.34. The molecule has 130 valence electrons. The molecule has 0 radical (unpaired) electrons. The minimum Gasteiger partial charge on any atom is -0.491 e. The van der Waals surface area contributed by atoms with E-state index in [-0.39, 0.29) is 24.4 Å². The number of hydrogen-bond acceptors (Lipinski definition) is 3. The fraction of sp³-hybridized carbons (Fsp3) is 0.562. The van der Waals surface area contributed by atoms with Crippen LogP contribution in [0, 0.1) is 5.92 Å². The van der Waals surface area contributed by atoms with Crippen molar-refractivity contribution in [3.05, 3.63) is 28.2 Å². The van der Waals surface area contributed by atoms with Crippen molar-refractivity contribution in [3.8, 4) is 5.75 Å². The SMILES string of the molecule is CC(N)C1CCCN(C(=O)CCOc2ccc(Cl)cc2Cl)C1.Cl. The second-order valence-electron chi connectivity index (χ2n) is 5.77. The molecule has 7 heteroatoms. The molecule has 2 rings (SSSR count). The number of nitrogens with two attached hydrogens (primary N) is 1. The van der Waals surface area contributed by atoms with Gasteiger partial charge in [-0.05, 0) is 43.9 Å². The van der Waals surface area contributed by atoms with Gasteiger partial charge < -0.3 is 15.4 Å². The van der Waals surface area contributed by atoms with Gasteiger partial charge in [-0.2, -0.15) is 0 Å². The second-order valence-corrected chi connectivity index (χ2v) is 6.62. The van der Waals surface area contributed by atoms with Crippen LogP contribution in [0.15, 0.2) is 18.2 Å². The molecule has 1 aliphatic heterocycles. The quantitative estimate of drug-likeness (QED) is 0.844. The van der Waals surface area contributed by atoms with Crippen molar-refractivity contribution in [3.63, 3.8) is 0 Å². The number of piperidine rings is 1. The molecule has 23 heavy (non-hydrogen) atoms. The Morgan fingerprint density at radius 1 is 1.48 bits per heavy atom. The lowest BCUT2D eigenvalue weighted by molar-refractivity contribution is -0.133. The maximum Gasteiger partial charge on any atom is 0.226 e. The number of ether oxygens (including phenoxy) is 1. The third-order valence-electron chi connectivity index (χ3n) is 4.02. The molecule has 1 saturated heterocycles. The largest absolute Gasteiger partial charge is 0.491 e. The van der Waals surface area contributed by atoms with Crippen LogP contribution in [-0.4, -0.2) is 36.5 Å². The van der Waals surface area contributed by atoms with Gasteiger partial charge in [-0.15, -0.1) is 12.4 Å². The van der Waals surface area contributed by atoms with Gasteiger partial charge in [0.2, 0.25) is 5.91 Å². The number of rotatable bonds is 5. The highest BCUT2D eigenvalue weighted by Gasteiger charge is 2.25. The van der Waals surface area contributed by atoms with Crippen LogP contribution in [0.5, 0.6) is 5.75 Å². The van der Waals surface area contributed by atoms with Crippen LogP contribution in [-0.2, 0) is 4.79 Å². The van der Waals surface area contributed by atoms with Crippen LogP contribution in [0.4, 0.5) is 0 Å². The van der Waals surface area contributed by atoms with E-state index >= 15 is 0 Å². The first-order valence-corrected chi connectivity index (χ1v) is 8.34. The van der Waals surface area contributed by atoms with E-state index in [1.54, 1.807) is 18.2 Å². The molecular weight excluding hydrogens is 359 g/mol. The van der Waals surface area contributed by atoms with Crippen LogP contribution < -0.4 is 10.5 Å². The van der Waals surface area contributed by atoms with Gasteiger partial charge in [-0.25, -0.2) is 0 Å². The molecule has 2 unspecified atom stereocenters. The van der Waals surface area contributed by atoms with E-state index in [1.165, 1.54) is 0 Å². The highest BCUT2D eigenvalue weighted by atomic mass is 35.5. The summed E-state index contributed by atoms with van der Waals surface area (Å²) in [6.45, 7) is 3.87. The Hall–Kier alpha value is -0.680. The highest BCUT2D eigenvalue weighted by Crippen LogP contribution is 2.27. The van der Waals surface area contributed by atoms with Crippen LogP contribution >= 0.6 is 35.6 Å². The summed E-state index contributed by atoms with van der Waals surface area (Å²) in [5, 5.41) is 1.01. The molecule has 1 aliphatic rings. The molecule has 0 aromatic heterocycles. The summed E-state index contributed by atoms with van der Waals surface area (Å²) in [4.78, 5) is 14.1. The fourth-order valence-corrected chi connectivity index (χ4v) is 3.13. The van der Waals surface area contributed by atoms with Crippen LogP contribution in [0.25, 0.3) is 0 Å². The van der Waals surface area contributed by atoms with Crippen molar-refractivity contribution in [1.29, 1.82) is 0 Å². The zero-order valence-corrected chi connectivity index (χ0v) is 15.5. The number of benzene rings is 1. The Kier molecular flexibility index (Phi) is 8.48. The molecule has 2 N–H and O–H groups in total. The number of hydrogen-bond donors (Lipinski definition) is 1. The summed E-state index contributed by atoms with van der Waals surface area (Å²) in [6.07, 6.45) is 2.45. The number of likely N-dealkylation sites (tertiary alicyclic amines) is 1. The summed E-state index contributed by atoms with van der Waals surface area (Å²) in [5.41, 5.74) is 5.95.